The Bertz CT molecular complexity index is 1840. The number of primary amides is 1. The van der Waals surface area contributed by atoms with Crippen LogP contribution in [-0.4, -0.2) is 134 Å². The maximum absolute atomic E-state index is 13.8. The van der Waals surface area contributed by atoms with Crippen molar-refractivity contribution in [2.45, 2.75) is 148 Å². The number of carbonyl (C=O) groups is 10. The second-order valence-corrected chi connectivity index (χ2v) is 16.8. The number of nitrogens with one attached hydrogen (secondary N) is 7. The molecule has 10 atom stereocenters. The van der Waals surface area contributed by atoms with Gasteiger partial charge in [-0.15, -0.1) is 0 Å². The van der Waals surface area contributed by atoms with Gasteiger partial charge in [-0.05, 0) is 68.6 Å². The fraction of sp³-hybridized carbons (Fsp3) is 0.619. The zero-order valence-electron chi connectivity index (χ0n) is 38.0. The van der Waals surface area contributed by atoms with E-state index in [4.69, 9.17) is 11.5 Å². The number of benzene rings is 1. The number of phenolic OH excluding ortho intramolecular Hbond substituents is 1. The van der Waals surface area contributed by atoms with Crippen LogP contribution in [0.4, 0.5) is 0 Å². The third-order valence-electron chi connectivity index (χ3n) is 10.2. The maximum atomic E-state index is 13.8. The van der Waals surface area contributed by atoms with Gasteiger partial charge in [0.2, 0.25) is 47.3 Å². The Morgan fingerprint density at radius 3 is 1.60 bits per heavy atom. The number of aliphatic hydroxyl groups excluding tert-OH is 1. The van der Waals surface area contributed by atoms with Crippen molar-refractivity contribution in [1.29, 1.82) is 0 Å². The van der Waals surface area contributed by atoms with E-state index in [2.05, 4.69) is 37.2 Å². The summed E-state index contributed by atoms with van der Waals surface area (Å²) in [6, 6.07) is -5.68. The van der Waals surface area contributed by atoms with Gasteiger partial charge in [-0.2, -0.15) is 0 Å². The van der Waals surface area contributed by atoms with Gasteiger partial charge < -0.3 is 69.1 Å². The molecule has 23 nitrogen and oxygen atoms in total. The van der Waals surface area contributed by atoms with Gasteiger partial charge in [0.1, 0.15) is 48.0 Å². The molecule has 1 rings (SSSR count). The smallest absolute Gasteiger partial charge is 0.326 e. The minimum absolute atomic E-state index is 0.0128. The summed E-state index contributed by atoms with van der Waals surface area (Å²) < 4.78 is 0. The predicted molar refractivity (Wildman–Crippen MR) is 233 cm³/mol. The number of phenols is 1. The molecule has 0 bridgehead atoms. The molecule has 0 saturated carbocycles. The number of nitrogens with two attached hydrogens (primary N) is 2. The van der Waals surface area contributed by atoms with Gasteiger partial charge in [-0.25, -0.2) is 4.79 Å². The molecule has 10 unspecified atom stereocenters. The standard InChI is InChI=1S/C42H67N9O14/c1-9-21(6)33(40(62)46-27(42(64)65)14-15-30(44)54)50-35(57)22(7)45-39(61)32(20(4)5)49-38(60)28(16-19(2)3)47-37(59)29(18-31(55)56)48-41(63)34(23(8)52)51-36(58)26(43)17-24-10-12-25(53)13-11-24/h10-13,19-23,26-29,32-34,52-53H,9,14-18,43H2,1-8H3,(H2,44,54)(H,45,61)(H,46,62)(H,47,59)(H,48,63)(H,49,60)(H,50,57)(H,51,58)(H,55,56)(H,64,65). The first-order valence-corrected chi connectivity index (χ1v) is 21.3. The number of amides is 8. The van der Waals surface area contributed by atoms with E-state index in [1.165, 1.54) is 38.1 Å². The van der Waals surface area contributed by atoms with Gasteiger partial charge in [0.25, 0.3) is 0 Å². The SMILES string of the molecule is CCC(C)C(NC(=O)C(C)NC(=O)C(NC(=O)C(CC(C)C)NC(=O)C(CC(=O)O)NC(=O)C(NC(=O)C(N)Cc1ccc(O)cc1)C(C)O)C(C)C)C(=O)NC(CCC(N)=O)C(=O)O. The Balaban J connectivity index is 3.18. The summed E-state index contributed by atoms with van der Waals surface area (Å²) in [5, 5.41) is 55.9. The molecule has 0 radical (unpaired) electrons. The topological polar surface area (TPSA) is 388 Å². The van der Waals surface area contributed by atoms with E-state index in [1.807, 2.05) is 0 Å². The van der Waals surface area contributed by atoms with E-state index < -0.39 is 132 Å². The van der Waals surface area contributed by atoms with Crippen molar-refractivity contribution < 1.29 is 68.4 Å². The average Bonchev–Trinajstić information content (AvgIpc) is 3.20. The molecule has 0 heterocycles. The van der Waals surface area contributed by atoms with E-state index in [0.29, 0.717) is 12.0 Å². The molecule has 0 aliphatic carbocycles. The Hall–Kier alpha value is -6.36. The predicted octanol–water partition coefficient (Wildman–Crippen LogP) is -2.37. The van der Waals surface area contributed by atoms with Crippen LogP contribution in [-0.2, 0) is 54.4 Å². The first kappa shape index (κ1) is 56.7. The van der Waals surface area contributed by atoms with Crippen molar-refractivity contribution in [3.63, 3.8) is 0 Å². The Morgan fingerprint density at radius 2 is 1.11 bits per heavy atom. The van der Waals surface area contributed by atoms with Gasteiger partial charge in [0.15, 0.2) is 0 Å². The van der Waals surface area contributed by atoms with E-state index in [9.17, 15) is 68.4 Å². The molecule has 0 spiro atoms. The Morgan fingerprint density at radius 1 is 0.615 bits per heavy atom. The molecule has 0 aliphatic heterocycles. The van der Waals surface area contributed by atoms with Crippen LogP contribution in [0.25, 0.3) is 0 Å². The van der Waals surface area contributed by atoms with Crippen LogP contribution in [0.1, 0.15) is 93.1 Å². The number of rotatable bonds is 28. The molecule has 8 amide bonds. The molecule has 364 valence electrons. The summed E-state index contributed by atoms with van der Waals surface area (Å²) in [5.74, 6) is -11.7. The van der Waals surface area contributed by atoms with Crippen LogP contribution in [0.15, 0.2) is 24.3 Å². The summed E-state index contributed by atoms with van der Waals surface area (Å²) in [7, 11) is 0. The summed E-state index contributed by atoms with van der Waals surface area (Å²) in [6.45, 7) is 12.4. The largest absolute Gasteiger partial charge is 0.508 e. The number of hydrogen-bond donors (Lipinski definition) is 13. The number of aromatic hydroxyl groups is 1. The lowest BCUT2D eigenvalue weighted by Gasteiger charge is -2.29. The molecule has 0 fully saturated rings. The first-order valence-electron chi connectivity index (χ1n) is 21.3. The van der Waals surface area contributed by atoms with Gasteiger partial charge >= 0.3 is 11.9 Å². The molecular weight excluding hydrogens is 855 g/mol. The Kier molecular flexibility index (Phi) is 23.6. The average molecular weight is 922 g/mol. The highest BCUT2D eigenvalue weighted by Gasteiger charge is 2.36. The van der Waals surface area contributed by atoms with Crippen molar-refractivity contribution >= 4 is 59.2 Å². The molecule has 0 aliphatic rings. The molecule has 0 saturated heterocycles. The fourth-order valence-corrected chi connectivity index (χ4v) is 6.21. The molecule has 23 heteroatoms. The minimum atomic E-state index is -1.83. The molecule has 1 aromatic rings. The zero-order chi connectivity index (χ0) is 49.9. The van der Waals surface area contributed by atoms with Crippen LogP contribution in [0.3, 0.4) is 0 Å². The zero-order valence-corrected chi connectivity index (χ0v) is 38.0. The number of carboxylic acids is 2. The van der Waals surface area contributed by atoms with Crippen molar-refractivity contribution in [2.24, 2.45) is 29.2 Å². The monoisotopic (exact) mass is 921 g/mol. The highest BCUT2D eigenvalue weighted by molar-refractivity contribution is 5.98. The van der Waals surface area contributed by atoms with Crippen LogP contribution >= 0.6 is 0 Å². The normalized spacial score (nSPS) is 15.8. The van der Waals surface area contributed by atoms with Crippen molar-refractivity contribution in [1.82, 2.24) is 37.2 Å². The summed E-state index contributed by atoms with van der Waals surface area (Å²) in [5.41, 5.74) is 11.7. The second kappa shape index (κ2) is 27.1. The summed E-state index contributed by atoms with van der Waals surface area (Å²) in [4.78, 5) is 129. The van der Waals surface area contributed by atoms with Crippen molar-refractivity contribution in [3.05, 3.63) is 29.8 Å². The van der Waals surface area contributed by atoms with E-state index >= 15 is 0 Å². The van der Waals surface area contributed by atoms with E-state index in [0.717, 1.165) is 0 Å². The maximum Gasteiger partial charge on any atom is 0.326 e. The molecule has 0 aromatic heterocycles. The first-order chi connectivity index (χ1) is 30.2. The third-order valence-corrected chi connectivity index (χ3v) is 10.2. The number of aliphatic hydroxyl groups is 1. The number of carboxylic acid groups (broad SMARTS) is 2. The summed E-state index contributed by atoms with van der Waals surface area (Å²) in [6.07, 6.45) is -2.84. The Labute approximate surface area is 377 Å². The van der Waals surface area contributed by atoms with Crippen LogP contribution in [0.2, 0.25) is 0 Å². The van der Waals surface area contributed by atoms with Gasteiger partial charge in [-0.1, -0.05) is 60.1 Å². The van der Waals surface area contributed by atoms with Crippen LogP contribution in [0, 0.1) is 17.8 Å². The lowest BCUT2D eigenvalue weighted by Crippen LogP contribution is -2.62. The molecule has 1 aromatic carbocycles. The molecule has 15 N–H and O–H groups in total. The minimum Gasteiger partial charge on any atom is -0.508 e. The lowest BCUT2D eigenvalue weighted by molar-refractivity contribution is -0.143. The summed E-state index contributed by atoms with van der Waals surface area (Å²) >= 11 is 0. The second-order valence-electron chi connectivity index (χ2n) is 16.8. The van der Waals surface area contributed by atoms with Gasteiger partial charge in [0.05, 0.1) is 18.6 Å². The van der Waals surface area contributed by atoms with Gasteiger partial charge in [0, 0.05) is 6.42 Å². The fourth-order valence-electron chi connectivity index (χ4n) is 6.21. The highest BCUT2D eigenvalue weighted by Crippen LogP contribution is 2.14. The van der Waals surface area contributed by atoms with Crippen molar-refractivity contribution in [3.8, 4) is 5.75 Å². The molecule has 65 heavy (non-hydrogen) atoms. The quantitative estimate of drug-likeness (QED) is 0.0418. The number of hydrogen-bond acceptors (Lipinski definition) is 13. The molecular formula is C42H67N9O14. The van der Waals surface area contributed by atoms with E-state index in [1.54, 1.807) is 41.5 Å². The third kappa shape index (κ3) is 19.9. The highest BCUT2D eigenvalue weighted by atomic mass is 16.4. The number of carbonyl (C=O) groups excluding carboxylic acids is 8. The number of aliphatic carboxylic acids is 2. The van der Waals surface area contributed by atoms with Crippen LogP contribution < -0.4 is 48.7 Å². The van der Waals surface area contributed by atoms with Crippen molar-refractivity contribution in [2.75, 3.05) is 0 Å². The van der Waals surface area contributed by atoms with Gasteiger partial charge in [-0.3, -0.25) is 43.2 Å². The van der Waals surface area contributed by atoms with Crippen LogP contribution in [0.5, 0.6) is 5.75 Å². The van der Waals surface area contributed by atoms with E-state index in [-0.39, 0.29) is 37.4 Å². The lowest BCUT2D eigenvalue weighted by atomic mass is 9.97.